The molecule has 2 heterocycles. The van der Waals surface area contributed by atoms with Gasteiger partial charge in [0.25, 0.3) is 15.9 Å². The van der Waals surface area contributed by atoms with Crippen LogP contribution < -0.4 is 9.62 Å². The summed E-state index contributed by atoms with van der Waals surface area (Å²) in [5, 5.41) is 2.84. The van der Waals surface area contributed by atoms with Crippen LogP contribution in [-0.2, 0) is 21.2 Å². The van der Waals surface area contributed by atoms with Gasteiger partial charge in [0.1, 0.15) is 10.7 Å². The normalized spacial score (nSPS) is 11.4. The number of benzene rings is 3. The van der Waals surface area contributed by atoms with Crippen molar-refractivity contribution in [3.63, 3.8) is 0 Å². The summed E-state index contributed by atoms with van der Waals surface area (Å²) in [7, 11) is -1.34. The number of aromatic nitrogens is 2. The highest BCUT2D eigenvalue weighted by atomic mass is 79.9. The monoisotopic (exact) mass is 638 g/mol. The number of carbonyl (C=O) groups excluding carboxylic acids is 2. The van der Waals surface area contributed by atoms with E-state index in [4.69, 9.17) is 0 Å². The van der Waals surface area contributed by atoms with E-state index in [0.717, 1.165) is 38.1 Å². The zero-order chi connectivity index (χ0) is 28.4. The van der Waals surface area contributed by atoms with Crippen LogP contribution in [0, 0.1) is 0 Å². The van der Waals surface area contributed by atoms with Gasteiger partial charge in [-0.2, -0.15) is 0 Å². The van der Waals surface area contributed by atoms with Crippen molar-refractivity contribution >= 4 is 71.6 Å². The van der Waals surface area contributed by atoms with E-state index >= 15 is 0 Å². The van der Waals surface area contributed by atoms with Crippen LogP contribution in [0.5, 0.6) is 0 Å². The number of esters is 1. The second kappa shape index (κ2) is 11.2. The molecule has 204 valence electrons. The molecule has 0 bridgehead atoms. The van der Waals surface area contributed by atoms with Crippen LogP contribution in [0.2, 0.25) is 0 Å². The fourth-order valence-electron chi connectivity index (χ4n) is 4.06. The maximum Gasteiger partial charge on any atom is 0.337 e. The fourth-order valence-corrected chi connectivity index (χ4v) is 7.66. The van der Waals surface area contributed by atoms with Crippen LogP contribution >= 0.6 is 27.3 Å². The number of methoxy groups -OCH3 is 1. The van der Waals surface area contributed by atoms with E-state index < -0.39 is 21.9 Å². The number of halogens is 1. The average molecular weight is 640 g/mol. The summed E-state index contributed by atoms with van der Waals surface area (Å²) in [5.41, 5.74) is 3.87. The number of sulfonamides is 1. The summed E-state index contributed by atoms with van der Waals surface area (Å²) in [6, 6.07) is 22.7. The smallest absolute Gasteiger partial charge is 0.337 e. The van der Waals surface area contributed by atoms with Gasteiger partial charge in [-0.05, 0) is 70.0 Å². The van der Waals surface area contributed by atoms with Crippen LogP contribution in [0.25, 0.3) is 11.0 Å². The number of hydrogen-bond acceptors (Lipinski definition) is 7. The molecule has 0 atom stereocenters. The second-order valence-electron chi connectivity index (χ2n) is 8.79. The third kappa shape index (κ3) is 5.64. The molecule has 1 amide bonds. The molecule has 9 nitrogen and oxygen atoms in total. The number of fused-ring (bicyclic) bond motifs is 1. The van der Waals surface area contributed by atoms with Crippen molar-refractivity contribution in [1.29, 1.82) is 0 Å². The van der Waals surface area contributed by atoms with E-state index in [1.807, 2.05) is 36.4 Å². The summed E-state index contributed by atoms with van der Waals surface area (Å²) in [6.45, 7) is 0. The largest absolute Gasteiger partial charge is 0.465 e. The highest BCUT2D eigenvalue weighted by Crippen LogP contribution is 2.35. The summed E-state index contributed by atoms with van der Waals surface area (Å²) >= 11 is 4.33. The first-order valence-corrected chi connectivity index (χ1v) is 15.0. The molecule has 40 heavy (non-hydrogen) atoms. The highest BCUT2D eigenvalue weighted by Gasteiger charge is 2.28. The number of nitrogens with zero attached hydrogens (tertiary/aromatic N) is 2. The molecule has 3 aromatic carbocycles. The van der Waals surface area contributed by atoms with Crippen molar-refractivity contribution in [2.45, 2.75) is 11.3 Å². The first kappa shape index (κ1) is 27.6. The van der Waals surface area contributed by atoms with Crippen molar-refractivity contribution in [1.82, 2.24) is 9.97 Å². The Hall–Kier alpha value is -4.00. The van der Waals surface area contributed by atoms with E-state index in [1.165, 1.54) is 44.5 Å². The number of H-pyrrole nitrogens is 1. The Morgan fingerprint density at radius 2 is 1.77 bits per heavy atom. The molecule has 0 aliphatic heterocycles. The van der Waals surface area contributed by atoms with Crippen molar-refractivity contribution in [2.75, 3.05) is 23.8 Å². The van der Waals surface area contributed by atoms with Crippen LogP contribution in [0.3, 0.4) is 0 Å². The number of hydrogen-bond donors (Lipinski definition) is 2. The predicted octanol–water partition coefficient (Wildman–Crippen LogP) is 5.84. The van der Waals surface area contributed by atoms with Gasteiger partial charge < -0.3 is 15.0 Å². The van der Waals surface area contributed by atoms with E-state index in [-0.39, 0.29) is 9.77 Å². The standard InChI is InChI=1S/C28H23BrN4O5S2/c1-33(20-11-8-18(9-12-20)28(35)38-2)40(36,37)24-16-23(39-26(24)29)27(34)30-19-10-13-21-22(15-19)32-25(31-21)14-17-6-4-3-5-7-17/h3-13,15-16H,14H2,1-2H3,(H,30,34)(H,31,32). The maximum atomic E-state index is 13.4. The number of anilines is 2. The Kier molecular flexibility index (Phi) is 7.74. The number of thiophene rings is 1. The molecule has 5 aromatic rings. The van der Waals surface area contributed by atoms with Crippen molar-refractivity contribution in [3.8, 4) is 0 Å². The number of nitrogens with one attached hydrogen (secondary N) is 2. The topological polar surface area (TPSA) is 121 Å². The van der Waals surface area contributed by atoms with Gasteiger partial charge in [-0.3, -0.25) is 9.10 Å². The number of imidazole rings is 1. The van der Waals surface area contributed by atoms with Crippen molar-refractivity contribution < 1.29 is 22.7 Å². The number of ether oxygens (including phenoxy) is 1. The SMILES string of the molecule is COC(=O)c1ccc(N(C)S(=O)(=O)c2cc(C(=O)Nc3ccc4nc(Cc5ccccc5)[nH]c4c3)sc2Br)cc1. The van der Waals surface area contributed by atoms with Crippen LogP contribution in [-0.4, -0.2) is 44.4 Å². The average Bonchev–Trinajstić information content (AvgIpc) is 3.55. The van der Waals surface area contributed by atoms with Crippen molar-refractivity contribution in [3.05, 3.63) is 104 Å². The number of rotatable bonds is 8. The minimum absolute atomic E-state index is 0.0447. The molecule has 2 aromatic heterocycles. The molecule has 0 saturated heterocycles. The Labute approximate surface area is 243 Å². The molecule has 0 saturated carbocycles. The van der Waals surface area contributed by atoms with Gasteiger partial charge >= 0.3 is 5.97 Å². The minimum Gasteiger partial charge on any atom is -0.465 e. The first-order chi connectivity index (χ1) is 19.2. The van der Waals surface area contributed by atoms with Crippen LogP contribution in [0.1, 0.15) is 31.4 Å². The molecule has 0 radical (unpaired) electrons. The maximum absolute atomic E-state index is 13.4. The highest BCUT2D eigenvalue weighted by molar-refractivity contribution is 9.11. The summed E-state index contributed by atoms with van der Waals surface area (Å²) in [5.74, 6) is -0.154. The zero-order valence-electron chi connectivity index (χ0n) is 21.3. The molecule has 2 N–H and O–H groups in total. The Balaban J connectivity index is 1.32. The summed E-state index contributed by atoms with van der Waals surface area (Å²) in [6.07, 6.45) is 0.654. The summed E-state index contributed by atoms with van der Waals surface area (Å²) in [4.78, 5) is 32.8. The van der Waals surface area contributed by atoms with Gasteiger partial charge in [0.05, 0.1) is 38.1 Å². The Bertz CT molecular complexity index is 1820. The fraction of sp³-hybridized carbons (Fsp3) is 0.107. The van der Waals surface area contributed by atoms with E-state index in [2.05, 4.69) is 36.0 Å². The molecular formula is C28H23BrN4O5S2. The van der Waals surface area contributed by atoms with Crippen LogP contribution in [0.15, 0.2) is 87.5 Å². The molecule has 0 unspecified atom stereocenters. The molecule has 5 rings (SSSR count). The third-order valence-corrected chi connectivity index (χ3v) is 10.2. The third-order valence-electron chi connectivity index (χ3n) is 6.17. The van der Waals surface area contributed by atoms with Gasteiger partial charge in [0.2, 0.25) is 0 Å². The summed E-state index contributed by atoms with van der Waals surface area (Å²) < 4.78 is 32.8. The zero-order valence-corrected chi connectivity index (χ0v) is 24.6. The number of amides is 1. The van der Waals surface area contributed by atoms with E-state index in [0.29, 0.717) is 27.1 Å². The minimum atomic E-state index is -4.01. The van der Waals surface area contributed by atoms with Crippen molar-refractivity contribution in [2.24, 2.45) is 0 Å². The molecule has 0 aliphatic carbocycles. The first-order valence-electron chi connectivity index (χ1n) is 12.0. The lowest BCUT2D eigenvalue weighted by molar-refractivity contribution is 0.0600. The van der Waals surface area contributed by atoms with Gasteiger partial charge in [-0.25, -0.2) is 18.2 Å². The molecule has 0 fully saturated rings. The lowest BCUT2D eigenvalue weighted by Gasteiger charge is -2.19. The van der Waals surface area contributed by atoms with Gasteiger partial charge in [-0.1, -0.05) is 30.3 Å². The van der Waals surface area contributed by atoms with Crippen LogP contribution in [0.4, 0.5) is 11.4 Å². The lowest BCUT2D eigenvalue weighted by atomic mass is 10.1. The van der Waals surface area contributed by atoms with E-state index in [1.54, 1.807) is 12.1 Å². The van der Waals surface area contributed by atoms with Gasteiger partial charge in [-0.15, -0.1) is 11.3 Å². The molecular weight excluding hydrogens is 616 g/mol. The predicted molar refractivity (Wildman–Crippen MR) is 159 cm³/mol. The molecule has 0 spiro atoms. The molecule has 0 aliphatic rings. The lowest BCUT2D eigenvalue weighted by Crippen LogP contribution is -2.26. The number of aromatic amines is 1. The second-order valence-corrected chi connectivity index (χ2v) is 13.1. The van der Waals surface area contributed by atoms with Gasteiger partial charge in [0.15, 0.2) is 0 Å². The van der Waals surface area contributed by atoms with E-state index in [9.17, 15) is 18.0 Å². The number of carbonyl (C=O) groups is 2. The van der Waals surface area contributed by atoms with Gasteiger partial charge in [0, 0.05) is 19.2 Å². The quantitative estimate of drug-likeness (QED) is 0.206. The molecule has 12 heteroatoms. The Morgan fingerprint density at radius 1 is 1.05 bits per heavy atom. The Morgan fingerprint density at radius 3 is 2.48 bits per heavy atom.